The highest BCUT2D eigenvalue weighted by Crippen LogP contribution is 2.27. The third-order valence-corrected chi connectivity index (χ3v) is 5.54. The Hall–Kier alpha value is -1.93. The monoisotopic (exact) mass is 378 g/mol. The summed E-state index contributed by atoms with van der Waals surface area (Å²) < 4.78 is 12.5. The number of carbonyl (C=O) groups excluding carboxylic acids is 2. The van der Waals surface area contributed by atoms with E-state index in [0.717, 1.165) is 5.82 Å². The maximum absolute atomic E-state index is 12.6. The molecule has 0 radical (unpaired) electrons. The number of hydrogen-bond donors (Lipinski definition) is 1. The van der Waals surface area contributed by atoms with Gasteiger partial charge in [-0.05, 0) is 18.8 Å². The lowest BCUT2D eigenvalue weighted by molar-refractivity contribution is -0.136. The number of likely N-dealkylation sites (tertiary alicyclic amines) is 1. The minimum absolute atomic E-state index is 0.00221. The first kappa shape index (κ1) is 19.8. The smallest absolute Gasteiger partial charge is 0.248 e. The predicted octanol–water partition coefficient (Wildman–Crippen LogP) is 0.684. The summed E-state index contributed by atoms with van der Waals surface area (Å²) in [6.45, 7) is 1.74. The van der Waals surface area contributed by atoms with Crippen LogP contribution >= 0.6 is 0 Å². The van der Waals surface area contributed by atoms with Gasteiger partial charge in [0.15, 0.2) is 0 Å². The Balaban J connectivity index is 1.58. The van der Waals surface area contributed by atoms with E-state index in [1.807, 2.05) is 17.8 Å². The van der Waals surface area contributed by atoms with E-state index in [2.05, 4.69) is 10.3 Å². The fourth-order valence-electron chi connectivity index (χ4n) is 4.11. The molecular formula is C19H30N4O4. The molecule has 1 aromatic rings. The first-order valence-corrected chi connectivity index (χ1v) is 9.69. The van der Waals surface area contributed by atoms with Gasteiger partial charge in [-0.3, -0.25) is 9.59 Å². The van der Waals surface area contributed by atoms with E-state index in [9.17, 15) is 9.59 Å². The van der Waals surface area contributed by atoms with Crippen LogP contribution in [0, 0.1) is 5.92 Å². The average Bonchev–Trinajstić information content (AvgIpc) is 3.36. The van der Waals surface area contributed by atoms with E-state index in [1.54, 1.807) is 11.1 Å². The zero-order valence-corrected chi connectivity index (χ0v) is 16.2. The summed E-state index contributed by atoms with van der Waals surface area (Å²) in [5.41, 5.74) is 0. The molecule has 1 saturated carbocycles. The summed E-state index contributed by atoms with van der Waals surface area (Å²) in [4.78, 5) is 30.8. The number of hydrogen-bond acceptors (Lipinski definition) is 5. The number of carbonyl (C=O) groups is 2. The van der Waals surface area contributed by atoms with Gasteiger partial charge in [0.05, 0.1) is 18.6 Å². The molecule has 0 spiro atoms. The molecule has 8 nitrogen and oxygen atoms in total. The number of nitrogens with zero attached hydrogens (tertiary/aromatic N) is 3. The van der Waals surface area contributed by atoms with Crippen molar-refractivity contribution in [2.45, 2.75) is 37.6 Å². The van der Waals surface area contributed by atoms with Crippen molar-refractivity contribution in [3.8, 4) is 0 Å². The normalized spacial score (nSPS) is 23.1. The number of nitrogens with one attached hydrogen (secondary N) is 1. The van der Waals surface area contributed by atoms with Gasteiger partial charge in [0.2, 0.25) is 11.8 Å². The van der Waals surface area contributed by atoms with Crippen molar-refractivity contribution >= 4 is 11.8 Å². The highest BCUT2D eigenvalue weighted by atomic mass is 16.5. The molecule has 2 atom stereocenters. The molecule has 1 N–H and O–H groups in total. The van der Waals surface area contributed by atoms with Crippen LogP contribution in [0.15, 0.2) is 12.4 Å². The molecular weight excluding hydrogens is 348 g/mol. The minimum atomic E-state index is -0.187. The van der Waals surface area contributed by atoms with E-state index >= 15 is 0 Å². The zero-order valence-electron chi connectivity index (χ0n) is 16.2. The van der Waals surface area contributed by atoms with Gasteiger partial charge in [0.25, 0.3) is 0 Å². The van der Waals surface area contributed by atoms with Crippen LogP contribution < -0.4 is 5.32 Å². The summed E-state index contributed by atoms with van der Waals surface area (Å²) >= 11 is 0. The number of imidazole rings is 1. The van der Waals surface area contributed by atoms with Crippen molar-refractivity contribution in [1.82, 2.24) is 19.8 Å². The van der Waals surface area contributed by atoms with E-state index < -0.39 is 0 Å². The molecule has 1 aliphatic carbocycles. The van der Waals surface area contributed by atoms with Gasteiger partial charge < -0.3 is 24.3 Å². The first-order valence-electron chi connectivity index (χ1n) is 9.69. The largest absolute Gasteiger partial charge is 0.375 e. The van der Waals surface area contributed by atoms with Gasteiger partial charge >= 0.3 is 0 Å². The average molecular weight is 378 g/mol. The Morgan fingerprint density at radius 1 is 1.26 bits per heavy atom. The molecule has 2 fully saturated rings. The van der Waals surface area contributed by atoms with Crippen LogP contribution in [-0.4, -0.2) is 72.3 Å². The standard InChI is InChI=1S/C19H30N4O4/c1-22-8-7-20-19(22)15-9-23(10-16(15)21-17(24)12-26-2)18(25)13-27-11-14-5-3-4-6-14/h7-8,14-16H,3-6,9-13H2,1-2H3,(H,21,24)/t15-,16-/m1/s1. The van der Waals surface area contributed by atoms with E-state index in [1.165, 1.54) is 32.8 Å². The lowest BCUT2D eigenvalue weighted by Gasteiger charge is -2.19. The van der Waals surface area contributed by atoms with Gasteiger partial charge in [-0.2, -0.15) is 0 Å². The first-order chi connectivity index (χ1) is 13.1. The molecule has 27 heavy (non-hydrogen) atoms. The number of methoxy groups -OCH3 is 1. The van der Waals surface area contributed by atoms with Crippen molar-refractivity contribution in [2.24, 2.45) is 13.0 Å². The van der Waals surface area contributed by atoms with E-state index in [4.69, 9.17) is 9.47 Å². The van der Waals surface area contributed by atoms with Gasteiger partial charge in [-0.1, -0.05) is 12.8 Å². The summed E-state index contributed by atoms with van der Waals surface area (Å²) in [5, 5.41) is 2.98. The molecule has 0 aromatic carbocycles. The van der Waals surface area contributed by atoms with E-state index in [-0.39, 0.29) is 37.0 Å². The van der Waals surface area contributed by atoms with Crippen molar-refractivity contribution in [2.75, 3.05) is 40.0 Å². The summed E-state index contributed by atoms with van der Waals surface area (Å²) in [6, 6.07) is -0.187. The van der Waals surface area contributed by atoms with Crippen LogP contribution in [0.25, 0.3) is 0 Å². The molecule has 0 bridgehead atoms. The van der Waals surface area contributed by atoms with Crippen molar-refractivity contribution in [1.29, 1.82) is 0 Å². The lowest BCUT2D eigenvalue weighted by atomic mass is 10.0. The molecule has 8 heteroatoms. The highest BCUT2D eigenvalue weighted by Gasteiger charge is 2.39. The maximum atomic E-state index is 12.6. The van der Waals surface area contributed by atoms with Crippen molar-refractivity contribution in [3.63, 3.8) is 0 Å². The van der Waals surface area contributed by atoms with Crippen molar-refractivity contribution < 1.29 is 19.1 Å². The molecule has 1 aliphatic heterocycles. The zero-order chi connectivity index (χ0) is 19.2. The molecule has 2 amide bonds. The third kappa shape index (κ3) is 5.07. The molecule has 2 heterocycles. The topological polar surface area (TPSA) is 85.7 Å². The number of amides is 2. The Morgan fingerprint density at radius 2 is 2.04 bits per heavy atom. The molecule has 1 saturated heterocycles. The number of rotatable bonds is 8. The fraction of sp³-hybridized carbons (Fsp3) is 0.737. The lowest BCUT2D eigenvalue weighted by Crippen LogP contribution is -2.42. The Labute approximate surface area is 160 Å². The molecule has 3 rings (SSSR count). The van der Waals surface area contributed by atoms with Crippen molar-refractivity contribution in [3.05, 3.63) is 18.2 Å². The van der Waals surface area contributed by atoms with Gasteiger partial charge in [0, 0.05) is 39.6 Å². The SMILES string of the molecule is COCC(=O)N[C@@H]1CN(C(=O)COCC2CCCC2)C[C@H]1c1nccn1C. The Morgan fingerprint density at radius 3 is 2.70 bits per heavy atom. The van der Waals surface area contributed by atoms with Crippen LogP contribution in [0.5, 0.6) is 0 Å². The maximum Gasteiger partial charge on any atom is 0.248 e. The predicted molar refractivity (Wildman–Crippen MR) is 99.1 cm³/mol. The van der Waals surface area contributed by atoms with Crippen LogP contribution in [0.1, 0.15) is 37.4 Å². The molecule has 1 aromatic heterocycles. The molecule has 0 unspecified atom stereocenters. The Kier molecular flexibility index (Phi) is 6.84. The van der Waals surface area contributed by atoms with Crippen LogP contribution in [0.3, 0.4) is 0 Å². The second-order valence-corrected chi connectivity index (χ2v) is 7.57. The van der Waals surface area contributed by atoms with Crippen LogP contribution in [-0.2, 0) is 26.1 Å². The fourth-order valence-corrected chi connectivity index (χ4v) is 4.11. The second kappa shape index (κ2) is 9.32. The van der Waals surface area contributed by atoms with Gasteiger partial charge in [-0.25, -0.2) is 4.98 Å². The summed E-state index contributed by atoms with van der Waals surface area (Å²) in [6.07, 6.45) is 8.54. The quantitative estimate of drug-likeness (QED) is 0.719. The second-order valence-electron chi connectivity index (χ2n) is 7.57. The summed E-state index contributed by atoms with van der Waals surface area (Å²) in [7, 11) is 3.41. The van der Waals surface area contributed by atoms with E-state index in [0.29, 0.717) is 25.6 Å². The number of aryl methyl sites for hydroxylation is 1. The molecule has 150 valence electrons. The number of aromatic nitrogens is 2. The summed E-state index contributed by atoms with van der Waals surface area (Å²) in [5.74, 6) is 1.19. The van der Waals surface area contributed by atoms with Crippen LogP contribution in [0.2, 0.25) is 0 Å². The highest BCUT2D eigenvalue weighted by molar-refractivity contribution is 5.79. The number of ether oxygens (including phenoxy) is 2. The molecule has 2 aliphatic rings. The third-order valence-electron chi connectivity index (χ3n) is 5.54. The minimum Gasteiger partial charge on any atom is -0.375 e. The Bertz CT molecular complexity index is 641. The van der Waals surface area contributed by atoms with Gasteiger partial charge in [-0.15, -0.1) is 0 Å². The van der Waals surface area contributed by atoms with Gasteiger partial charge in [0.1, 0.15) is 19.0 Å². The van der Waals surface area contributed by atoms with Crippen LogP contribution in [0.4, 0.5) is 0 Å².